The maximum Gasteiger partial charge on any atom is 0.126 e. The lowest BCUT2D eigenvalue weighted by Crippen LogP contribution is -2.63. The fraction of sp³-hybridized carbons (Fsp3) is 0.667. The molecule has 0 unspecified atom stereocenters. The fourth-order valence-electron chi connectivity index (χ4n) is 1.16. The fourth-order valence-corrected chi connectivity index (χ4v) is 1.16. The maximum absolute atomic E-state index is 11.3. The molecule has 0 aromatic heterocycles. The van der Waals surface area contributed by atoms with Gasteiger partial charge in [0.05, 0.1) is 5.68 Å². The first-order valence-corrected chi connectivity index (χ1v) is 4.22. The van der Waals surface area contributed by atoms with Gasteiger partial charge in [0.2, 0.25) is 0 Å². The largest absolute Gasteiger partial charge is 0.313 e. The number of rotatable bonds is 5. The molecule has 50 valence electrons. The van der Waals surface area contributed by atoms with Crippen LogP contribution in [0.5, 0.6) is 0 Å². The Bertz CT molecular complexity index is 168. The molecule has 0 aliphatic heterocycles. The molecule has 13 heavy (non-hydrogen) atoms. The molecule has 0 aromatic carbocycles. The van der Waals surface area contributed by atoms with Crippen LogP contribution in [0, 0.1) is 0 Å². The predicted molar refractivity (Wildman–Crippen MR) is 67.1 cm³/mol. The Morgan fingerprint density at radius 3 is 1.77 bits per heavy atom. The molecule has 0 aliphatic rings. The van der Waals surface area contributed by atoms with E-state index in [2.05, 4.69) is 0 Å². The Morgan fingerprint density at radius 2 is 1.54 bits per heavy atom. The third kappa shape index (κ3) is 3.87. The van der Waals surface area contributed by atoms with E-state index in [9.17, 15) is 4.79 Å². The minimum Gasteiger partial charge on any atom is -0.313 e. The van der Waals surface area contributed by atoms with Crippen molar-refractivity contribution in [1.82, 2.24) is 0 Å². The third-order valence-electron chi connectivity index (χ3n) is 1.99. The quantitative estimate of drug-likeness (QED) is 0.387. The summed E-state index contributed by atoms with van der Waals surface area (Å²) in [6.07, 6.45) is -1.95. The van der Waals surface area contributed by atoms with Gasteiger partial charge in [0.15, 0.2) is 0 Å². The molecule has 0 aliphatic carbocycles. The van der Waals surface area contributed by atoms with Crippen LogP contribution in [0.1, 0.15) is 13.3 Å². The van der Waals surface area contributed by atoms with Crippen molar-refractivity contribution in [3.8, 4) is 0 Å². The molecule has 0 spiro atoms. The van der Waals surface area contributed by atoms with Crippen LogP contribution in [0.15, 0.2) is 0 Å². The van der Waals surface area contributed by atoms with Crippen LogP contribution in [0.25, 0.3) is 0 Å². The van der Waals surface area contributed by atoms with Crippen molar-refractivity contribution in [2.75, 3.05) is 0 Å². The van der Waals surface area contributed by atoms with Gasteiger partial charge >= 0.3 is 0 Å². The van der Waals surface area contributed by atoms with Crippen LogP contribution in [-0.2, 0) is 4.79 Å². The lowest BCUT2D eigenvalue weighted by molar-refractivity contribution is -0.111. The van der Waals surface area contributed by atoms with Crippen molar-refractivity contribution in [3.05, 3.63) is 0 Å². The number of carbonyl (C=O) groups is 1. The van der Waals surface area contributed by atoms with Crippen LogP contribution >= 0.6 is 0 Å². The lowest BCUT2D eigenvalue weighted by Gasteiger charge is -2.23. The summed E-state index contributed by atoms with van der Waals surface area (Å²) < 4.78 is 0. The second-order valence-electron chi connectivity index (χ2n) is 3.08. The smallest absolute Gasteiger partial charge is 0.126 e. The highest BCUT2D eigenvalue weighted by atomic mass is 16.1. The molecule has 1 nitrogen and oxygen atoms in total. The van der Waals surface area contributed by atoms with E-state index in [1.807, 2.05) is 0 Å². The number of hydrogen-bond acceptors (Lipinski definition) is 1. The molecular weight excluding hydrogens is 149 g/mol. The molecule has 0 aromatic rings. The molecule has 0 heterocycles. The van der Waals surface area contributed by atoms with Gasteiger partial charge < -0.3 is 4.79 Å². The molecule has 0 N–H and O–H groups in total. The van der Waals surface area contributed by atoms with Crippen molar-refractivity contribution in [3.63, 3.8) is 0 Å². The first-order valence-electron chi connectivity index (χ1n) is 4.22. The van der Waals surface area contributed by atoms with Gasteiger partial charge in [-0.3, -0.25) is 0 Å². The van der Waals surface area contributed by atoms with E-state index in [1.165, 1.54) is 0 Å². The molecule has 0 rings (SSSR count). The van der Waals surface area contributed by atoms with E-state index in [4.69, 9.17) is 38.7 Å². The summed E-state index contributed by atoms with van der Waals surface area (Å²) in [5, 5.41) is 0. The van der Waals surface area contributed by atoms with E-state index >= 15 is 0 Å². The summed E-state index contributed by atoms with van der Waals surface area (Å²) in [6, 6.07) is 0. The predicted octanol–water partition coefficient (Wildman–Crippen LogP) is -2.95. The van der Waals surface area contributed by atoms with E-state index in [0.717, 1.165) is 0 Å². The Hall–Kier alpha value is 0.254. The van der Waals surface area contributed by atoms with Crippen molar-refractivity contribution in [2.24, 2.45) is 0 Å². The molecule has 0 fully saturated rings. The number of carbonyl (C=O) groups excluding carboxylic acids is 1. The summed E-state index contributed by atoms with van der Waals surface area (Å²) in [5.41, 5.74) is -0.108. The average molecular weight is 154 g/mol. The minimum absolute atomic E-state index is 0.108. The van der Waals surface area contributed by atoms with E-state index in [1.54, 1.807) is 6.92 Å². The van der Waals surface area contributed by atoms with Crippen molar-refractivity contribution < 1.29 is 4.79 Å². The molecular formula is C3H5B9O. The standard InChI is InChI=1S/C3H5B9O/c1-2-3(13)9(10(4)5)12(8)11(6)7/h2H2,1H3. The summed E-state index contributed by atoms with van der Waals surface area (Å²) in [7, 11) is 27.2. The van der Waals surface area contributed by atoms with Crippen molar-refractivity contribution in [1.29, 1.82) is 0 Å². The second kappa shape index (κ2) is 5.87. The molecule has 0 saturated heterocycles. The van der Waals surface area contributed by atoms with E-state index < -0.39 is 25.6 Å². The van der Waals surface area contributed by atoms with Crippen LogP contribution < -0.4 is 0 Å². The Balaban J connectivity index is 4.51. The first kappa shape index (κ1) is 13.3. The SMILES string of the molecule is [B]B([B])B([B])B(B([B])[B])C(=O)CC. The van der Waals surface area contributed by atoms with Gasteiger partial charge in [0.1, 0.15) is 6.49 Å². The first-order chi connectivity index (χ1) is 5.91. The summed E-state index contributed by atoms with van der Waals surface area (Å²) in [6.45, 7) is 1.05. The minimum atomic E-state index is -0.808. The zero-order valence-electron chi connectivity index (χ0n) is 7.81. The maximum atomic E-state index is 11.3. The molecule has 0 bridgehead atoms. The van der Waals surface area contributed by atoms with Crippen LogP contribution in [-0.4, -0.2) is 70.0 Å². The zero-order valence-corrected chi connectivity index (χ0v) is 7.81. The molecule has 10 radical (unpaired) electrons. The Morgan fingerprint density at radius 1 is 1.08 bits per heavy atom. The molecule has 0 amide bonds. The van der Waals surface area contributed by atoms with Crippen molar-refractivity contribution >= 4 is 70.0 Å². The lowest BCUT2D eigenvalue weighted by atomic mass is 8.63. The van der Waals surface area contributed by atoms with Crippen LogP contribution in [0.4, 0.5) is 0 Å². The van der Waals surface area contributed by atoms with Crippen LogP contribution in [0.3, 0.4) is 0 Å². The van der Waals surface area contributed by atoms with Gasteiger partial charge in [-0.15, -0.1) is 0 Å². The average Bonchev–Trinajstić information content (AvgIpc) is 2.03. The Labute approximate surface area is 88.5 Å². The zero-order chi connectivity index (χ0) is 10.6. The summed E-state index contributed by atoms with van der Waals surface area (Å²) in [5.74, 6) is 0. The van der Waals surface area contributed by atoms with E-state index in [-0.39, 0.29) is 5.68 Å². The summed E-state index contributed by atoms with van der Waals surface area (Å²) >= 11 is 0. The highest BCUT2D eigenvalue weighted by Gasteiger charge is 2.33. The normalized spacial score (nSPS) is 9.00. The second-order valence-corrected chi connectivity index (χ2v) is 3.08. The summed E-state index contributed by atoms with van der Waals surface area (Å²) in [4.78, 5) is 11.3. The third-order valence-corrected chi connectivity index (χ3v) is 1.99. The van der Waals surface area contributed by atoms with Gasteiger partial charge in [0, 0.05) is 57.8 Å². The monoisotopic (exact) mass is 156 g/mol. The molecule has 0 atom stereocenters. The van der Waals surface area contributed by atoms with Crippen LogP contribution in [0.2, 0.25) is 0 Å². The molecule has 10 heteroatoms. The highest BCUT2D eigenvalue weighted by Crippen LogP contribution is 1.96. The van der Waals surface area contributed by atoms with Crippen molar-refractivity contribution in [2.45, 2.75) is 13.3 Å². The topological polar surface area (TPSA) is 17.1 Å². The van der Waals surface area contributed by atoms with Gasteiger partial charge in [0.25, 0.3) is 0 Å². The van der Waals surface area contributed by atoms with Gasteiger partial charge in [-0.1, -0.05) is 6.92 Å². The molecule has 0 saturated carbocycles. The van der Waals surface area contributed by atoms with Gasteiger partial charge in [-0.25, -0.2) is 0 Å². The Kier molecular flexibility index (Phi) is 5.99. The number of hydrogen-bond donors (Lipinski definition) is 0. The van der Waals surface area contributed by atoms with Gasteiger partial charge in [-0.2, -0.15) is 0 Å². The van der Waals surface area contributed by atoms with Gasteiger partial charge in [-0.05, 0) is 6.42 Å². The van der Waals surface area contributed by atoms with E-state index in [0.29, 0.717) is 6.42 Å². The highest BCUT2D eigenvalue weighted by molar-refractivity contribution is 7.95.